The van der Waals surface area contributed by atoms with Crippen LogP contribution in [0, 0.1) is 0 Å². The highest BCUT2D eigenvalue weighted by atomic mass is 16.3. The molecule has 8 aromatic carbocycles. The molecule has 48 heavy (non-hydrogen) atoms. The lowest BCUT2D eigenvalue weighted by molar-refractivity contribution is 0.669. The van der Waals surface area contributed by atoms with E-state index in [9.17, 15) is 0 Å². The predicted molar refractivity (Wildman–Crippen MR) is 202 cm³/mol. The van der Waals surface area contributed by atoms with Gasteiger partial charge in [-0.1, -0.05) is 146 Å². The van der Waals surface area contributed by atoms with Gasteiger partial charge in [-0.2, -0.15) is 0 Å². The Bertz CT molecular complexity index is 2560. The number of furan rings is 1. The van der Waals surface area contributed by atoms with Crippen LogP contribution in [0.25, 0.3) is 66.1 Å². The molecule has 2 heteroatoms. The number of hydrogen-bond acceptors (Lipinski definition) is 2. The van der Waals surface area contributed by atoms with Crippen LogP contribution in [0.2, 0.25) is 0 Å². The van der Waals surface area contributed by atoms with Crippen molar-refractivity contribution in [2.24, 2.45) is 0 Å². The van der Waals surface area contributed by atoms with Gasteiger partial charge in [-0.25, -0.2) is 0 Å². The van der Waals surface area contributed by atoms with Gasteiger partial charge in [-0.15, -0.1) is 0 Å². The molecule has 0 amide bonds. The minimum atomic E-state index is 0.896. The number of hydrogen-bond donors (Lipinski definition) is 0. The molecule has 0 aliphatic rings. The number of anilines is 3. The van der Waals surface area contributed by atoms with Crippen molar-refractivity contribution in [3.05, 3.63) is 188 Å². The maximum atomic E-state index is 6.27. The molecular weight excluding hydrogens is 583 g/mol. The van der Waals surface area contributed by atoms with Gasteiger partial charge in [0.25, 0.3) is 0 Å². The Morgan fingerprint density at radius 2 is 0.958 bits per heavy atom. The molecule has 0 saturated heterocycles. The second-order valence-corrected chi connectivity index (χ2v) is 12.1. The van der Waals surface area contributed by atoms with Crippen molar-refractivity contribution in [2.45, 2.75) is 0 Å². The standard InChI is InChI=1S/C46H31NO/c1-3-14-33(15-4-1)40-29-28-35(39-24-12-17-32-16-7-8-22-38(32)39)31-43(40)47(36-19-5-2-6-20-36)37-21-11-18-34(30-37)41-25-13-27-45-46(41)42-23-9-10-26-44(42)48-45/h1-31H. The average molecular weight is 614 g/mol. The van der Waals surface area contributed by atoms with E-state index in [-0.39, 0.29) is 0 Å². The van der Waals surface area contributed by atoms with E-state index in [1.807, 2.05) is 12.1 Å². The van der Waals surface area contributed by atoms with E-state index >= 15 is 0 Å². The fourth-order valence-electron chi connectivity index (χ4n) is 7.06. The molecule has 1 aromatic heterocycles. The lowest BCUT2D eigenvalue weighted by atomic mass is 9.94. The fraction of sp³-hybridized carbons (Fsp3) is 0. The number of para-hydroxylation sites is 2. The molecule has 0 unspecified atom stereocenters. The fourth-order valence-corrected chi connectivity index (χ4v) is 7.06. The van der Waals surface area contributed by atoms with E-state index in [1.165, 1.54) is 27.5 Å². The predicted octanol–water partition coefficient (Wildman–Crippen LogP) is 13.2. The van der Waals surface area contributed by atoms with Crippen LogP contribution in [-0.2, 0) is 0 Å². The smallest absolute Gasteiger partial charge is 0.136 e. The third kappa shape index (κ3) is 4.83. The maximum Gasteiger partial charge on any atom is 0.136 e. The summed E-state index contributed by atoms with van der Waals surface area (Å²) in [6.45, 7) is 0. The first-order chi connectivity index (χ1) is 23.8. The Hall–Kier alpha value is -6.38. The van der Waals surface area contributed by atoms with Crippen LogP contribution in [0.5, 0.6) is 0 Å². The van der Waals surface area contributed by atoms with Crippen molar-refractivity contribution >= 4 is 49.8 Å². The molecule has 0 aliphatic heterocycles. The van der Waals surface area contributed by atoms with Crippen molar-refractivity contribution < 1.29 is 4.42 Å². The molecule has 0 saturated carbocycles. The molecule has 226 valence electrons. The molecule has 0 aliphatic carbocycles. The second-order valence-electron chi connectivity index (χ2n) is 12.1. The Labute approximate surface area is 279 Å². The van der Waals surface area contributed by atoms with Crippen LogP contribution >= 0.6 is 0 Å². The van der Waals surface area contributed by atoms with Crippen LogP contribution in [0.1, 0.15) is 0 Å². The first kappa shape index (κ1) is 27.9. The largest absolute Gasteiger partial charge is 0.456 e. The van der Waals surface area contributed by atoms with E-state index in [1.54, 1.807) is 0 Å². The van der Waals surface area contributed by atoms with Gasteiger partial charge in [0.05, 0.1) is 5.69 Å². The highest BCUT2D eigenvalue weighted by Crippen LogP contribution is 2.45. The monoisotopic (exact) mass is 613 g/mol. The Morgan fingerprint density at radius 3 is 1.83 bits per heavy atom. The van der Waals surface area contributed by atoms with Gasteiger partial charge in [-0.05, 0) is 81.1 Å². The molecule has 1 heterocycles. The summed E-state index contributed by atoms with van der Waals surface area (Å²) in [5.74, 6) is 0. The molecular formula is C46H31NO. The number of nitrogens with zero attached hydrogens (tertiary/aromatic N) is 1. The molecule has 0 atom stereocenters. The second kappa shape index (κ2) is 11.8. The Kier molecular flexibility index (Phi) is 6.84. The third-order valence-electron chi connectivity index (χ3n) is 9.26. The highest BCUT2D eigenvalue weighted by molar-refractivity contribution is 6.12. The van der Waals surface area contributed by atoms with Crippen molar-refractivity contribution in [2.75, 3.05) is 4.90 Å². The summed E-state index contributed by atoms with van der Waals surface area (Å²) in [6.07, 6.45) is 0. The molecule has 0 fully saturated rings. The summed E-state index contributed by atoms with van der Waals surface area (Å²) in [5.41, 5.74) is 12.1. The molecule has 2 nitrogen and oxygen atoms in total. The highest BCUT2D eigenvalue weighted by Gasteiger charge is 2.20. The molecule has 0 N–H and O–H groups in total. The summed E-state index contributed by atoms with van der Waals surface area (Å²) in [6, 6.07) is 67.0. The van der Waals surface area contributed by atoms with Crippen LogP contribution in [0.4, 0.5) is 17.1 Å². The van der Waals surface area contributed by atoms with Gasteiger partial charge >= 0.3 is 0 Å². The van der Waals surface area contributed by atoms with E-state index in [0.29, 0.717) is 0 Å². The normalized spacial score (nSPS) is 11.3. The SMILES string of the molecule is c1ccc(-c2ccc(-c3cccc4ccccc34)cc2N(c2ccccc2)c2cccc(-c3cccc4oc5ccccc5c34)c2)cc1. The number of rotatable bonds is 6. The summed E-state index contributed by atoms with van der Waals surface area (Å²) in [5, 5.41) is 4.74. The van der Waals surface area contributed by atoms with Crippen molar-refractivity contribution in [3.8, 4) is 33.4 Å². The lowest BCUT2D eigenvalue weighted by Gasteiger charge is -2.29. The Morgan fingerprint density at radius 1 is 0.354 bits per heavy atom. The average Bonchev–Trinajstić information content (AvgIpc) is 3.55. The summed E-state index contributed by atoms with van der Waals surface area (Å²) >= 11 is 0. The maximum absolute atomic E-state index is 6.27. The summed E-state index contributed by atoms with van der Waals surface area (Å²) < 4.78 is 6.27. The zero-order valence-electron chi connectivity index (χ0n) is 26.3. The van der Waals surface area contributed by atoms with Crippen LogP contribution in [0.15, 0.2) is 192 Å². The third-order valence-corrected chi connectivity index (χ3v) is 9.26. The Balaban J connectivity index is 1.29. The van der Waals surface area contributed by atoms with Gasteiger partial charge in [0.1, 0.15) is 11.2 Å². The molecule has 0 bridgehead atoms. The molecule has 9 rings (SSSR count). The van der Waals surface area contributed by atoms with Gasteiger partial charge in [0, 0.05) is 27.7 Å². The van der Waals surface area contributed by atoms with Crippen molar-refractivity contribution in [1.82, 2.24) is 0 Å². The zero-order chi connectivity index (χ0) is 31.9. The van der Waals surface area contributed by atoms with Gasteiger partial charge in [0.15, 0.2) is 0 Å². The minimum Gasteiger partial charge on any atom is -0.456 e. The zero-order valence-corrected chi connectivity index (χ0v) is 26.3. The lowest BCUT2D eigenvalue weighted by Crippen LogP contribution is -2.11. The van der Waals surface area contributed by atoms with Gasteiger partial charge < -0.3 is 9.32 Å². The summed E-state index contributed by atoms with van der Waals surface area (Å²) in [4.78, 5) is 2.40. The quantitative estimate of drug-likeness (QED) is 0.185. The van der Waals surface area contributed by atoms with Gasteiger partial charge in [-0.3, -0.25) is 0 Å². The van der Waals surface area contributed by atoms with Crippen LogP contribution in [-0.4, -0.2) is 0 Å². The molecule has 9 aromatic rings. The minimum absolute atomic E-state index is 0.896. The first-order valence-corrected chi connectivity index (χ1v) is 16.4. The summed E-state index contributed by atoms with van der Waals surface area (Å²) in [7, 11) is 0. The first-order valence-electron chi connectivity index (χ1n) is 16.4. The van der Waals surface area contributed by atoms with E-state index in [0.717, 1.165) is 55.7 Å². The topological polar surface area (TPSA) is 16.4 Å². The molecule has 0 radical (unpaired) electrons. The van der Waals surface area contributed by atoms with E-state index in [4.69, 9.17) is 4.42 Å². The number of fused-ring (bicyclic) bond motifs is 4. The number of benzene rings is 8. The van der Waals surface area contributed by atoms with Crippen molar-refractivity contribution in [1.29, 1.82) is 0 Å². The molecule has 0 spiro atoms. The van der Waals surface area contributed by atoms with Crippen LogP contribution in [0.3, 0.4) is 0 Å². The van der Waals surface area contributed by atoms with Gasteiger partial charge in [0.2, 0.25) is 0 Å². The van der Waals surface area contributed by atoms with Crippen molar-refractivity contribution in [3.63, 3.8) is 0 Å². The van der Waals surface area contributed by atoms with E-state index < -0.39 is 0 Å². The van der Waals surface area contributed by atoms with E-state index in [2.05, 4.69) is 181 Å². The van der Waals surface area contributed by atoms with Crippen LogP contribution < -0.4 is 4.90 Å².